The first kappa shape index (κ1) is 18.9. The number of para-hydroxylation sites is 2. The molecule has 1 atom stereocenters. The lowest BCUT2D eigenvalue weighted by atomic mass is 10.2. The molecular formula is C14H20ClN5O3. The molecule has 0 saturated carbocycles. The summed E-state index contributed by atoms with van der Waals surface area (Å²) in [5.74, 6) is 1.17. The van der Waals surface area contributed by atoms with Crippen molar-refractivity contribution in [2.24, 2.45) is 0 Å². The van der Waals surface area contributed by atoms with E-state index in [1.807, 2.05) is 14.0 Å². The maximum atomic E-state index is 10.9. The third-order valence-corrected chi connectivity index (χ3v) is 3.25. The molecule has 0 aliphatic heterocycles. The second-order valence-corrected chi connectivity index (χ2v) is 4.95. The van der Waals surface area contributed by atoms with E-state index in [-0.39, 0.29) is 24.1 Å². The van der Waals surface area contributed by atoms with Gasteiger partial charge in [-0.15, -0.1) is 12.4 Å². The monoisotopic (exact) mass is 341 g/mol. The van der Waals surface area contributed by atoms with Crippen molar-refractivity contribution in [1.82, 2.24) is 15.5 Å². The van der Waals surface area contributed by atoms with Crippen LogP contribution >= 0.6 is 12.4 Å². The van der Waals surface area contributed by atoms with Gasteiger partial charge in [-0.2, -0.15) is 4.98 Å². The van der Waals surface area contributed by atoms with Crippen LogP contribution in [-0.2, 0) is 12.8 Å². The van der Waals surface area contributed by atoms with Crippen molar-refractivity contribution < 1.29 is 9.45 Å². The zero-order valence-corrected chi connectivity index (χ0v) is 13.8. The van der Waals surface area contributed by atoms with Crippen molar-refractivity contribution in [3.8, 4) is 0 Å². The summed E-state index contributed by atoms with van der Waals surface area (Å²) in [5.41, 5.74) is 0.535. The molecule has 8 nitrogen and oxygen atoms in total. The van der Waals surface area contributed by atoms with Gasteiger partial charge in [0, 0.05) is 31.5 Å². The summed E-state index contributed by atoms with van der Waals surface area (Å²) in [6, 6.07) is 6.80. The van der Waals surface area contributed by atoms with E-state index in [1.54, 1.807) is 18.2 Å². The molecule has 0 aliphatic rings. The molecule has 23 heavy (non-hydrogen) atoms. The van der Waals surface area contributed by atoms with E-state index >= 15 is 0 Å². The van der Waals surface area contributed by atoms with Gasteiger partial charge in [0.05, 0.1) is 4.92 Å². The lowest BCUT2D eigenvalue weighted by Crippen LogP contribution is -2.24. The van der Waals surface area contributed by atoms with Crippen LogP contribution in [0, 0.1) is 10.1 Å². The lowest BCUT2D eigenvalue weighted by molar-refractivity contribution is -0.384. The van der Waals surface area contributed by atoms with Crippen LogP contribution in [0.5, 0.6) is 0 Å². The van der Waals surface area contributed by atoms with Gasteiger partial charge in [0.2, 0.25) is 5.89 Å². The number of nitrogens with zero attached hydrogens (tertiary/aromatic N) is 3. The number of rotatable bonds is 8. The highest BCUT2D eigenvalue weighted by molar-refractivity contribution is 5.85. The SMILES string of the molecule is CNC(C)Cc1noc(CCNc2ccccc2[N+](=O)[O-])n1.Cl. The largest absolute Gasteiger partial charge is 0.379 e. The van der Waals surface area contributed by atoms with Gasteiger partial charge in [-0.05, 0) is 20.0 Å². The van der Waals surface area contributed by atoms with Crippen LogP contribution in [0.3, 0.4) is 0 Å². The molecule has 0 spiro atoms. The fourth-order valence-electron chi connectivity index (χ4n) is 1.94. The summed E-state index contributed by atoms with van der Waals surface area (Å²) in [6.07, 6.45) is 1.20. The fraction of sp³-hybridized carbons (Fsp3) is 0.429. The minimum atomic E-state index is -0.410. The number of nitro groups is 1. The molecule has 2 N–H and O–H groups in total. The van der Waals surface area contributed by atoms with E-state index < -0.39 is 4.92 Å². The van der Waals surface area contributed by atoms with Crippen LogP contribution in [0.15, 0.2) is 28.8 Å². The molecule has 2 rings (SSSR count). The third kappa shape index (κ3) is 5.50. The molecule has 1 aromatic heterocycles. The predicted molar refractivity (Wildman–Crippen MR) is 89.1 cm³/mol. The predicted octanol–water partition coefficient (Wildman–Crippen LogP) is 2.20. The molecule has 1 heterocycles. The minimum Gasteiger partial charge on any atom is -0.379 e. The van der Waals surface area contributed by atoms with Gasteiger partial charge >= 0.3 is 0 Å². The van der Waals surface area contributed by atoms with Gasteiger partial charge in [0.1, 0.15) is 5.69 Å². The summed E-state index contributed by atoms with van der Waals surface area (Å²) in [6.45, 7) is 2.51. The van der Waals surface area contributed by atoms with E-state index in [0.29, 0.717) is 36.8 Å². The zero-order valence-electron chi connectivity index (χ0n) is 13.0. The fourth-order valence-corrected chi connectivity index (χ4v) is 1.94. The molecule has 2 aromatic rings. The van der Waals surface area contributed by atoms with Crippen LogP contribution in [-0.4, -0.2) is 34.7 Å². The second kappa shape index (κ2) is 9.06. The second-order valence-electron chi connectivity index (χ2n) is 4.95. The Morgan fingerprint density at radius 3 is 2.83 bits per heavy atom. The highest BCUT2D eigenvalue weighted by Gasteiger charge is 2.13. The highest BCUT2D eigenvalue weighted by atomic mass is 35.5. The molecule has 0 bridgehead atoms. The topological polar surface area (TPSA) is 106 Å². The summed E-state index contributed by atoms with van der Waals surface area (Å²) >= 11 is 0. The third-order valence-electron chi connectivity index (χ3n) is 3.25. The first-order valence-corrected chi connectivity index (χ1v) is 7.06. The van der Waals surface area contributed by atoms with E-state index in [4.69, 9.17) is 4.52 Å². The Morgan fingerprint density at radius 1 is 1.39 bits per heavy atom. The molecule has 0 radical (unpaired) electrons. The quantitative estimate of drug-likeness (QED) is 0.560. The van der Waals surface area contributed by atoms with Gasteiger partial charge in [0.25, 0.3) is 5.69 Å². The Bertz CT molecular complexity index is 634. The van der Waals surface area contributed by atoms with Crippen LogP contribution in [0.4, 0.5) is 11.4 Å². The number of hydrogen-bond acceptors (Lipinski definition) is 7. The molecule has 0 fully saturated rings. The maximum Gasteiger partial charge on any atom is 0.292 e. The van der Waals surface area contributed by atoms with Crippen molar-refractivity contribution in [2.75, 3.05) is 18.9 Å². The van der Waals surface area contributed by atoms with E-state index in [1.165, 1.54) is 6.07 Å². The van der Waals surface area contributed by atoms with Gasteiger partial charge in [0.15, 0.2) is 5.82 Å². The maximum absolute atomic E-state index is 10.9. The van der Waals surface area contributed by atoms with Crippen LogP contribution in [0.1, 0.15) is 18.6 Å². The molecule has 0 aliphatic carbocycles. The molecule has 1 unspecified atom stereocenters. The summed E-state index contributed by atoms with van der Waals surface area (Å²) < 4.78 is 5.16. The number of nitro benzene ring substituents is 1. The van der Waals surface area contributed by atoms with E-state index in [2.05, 4.69) is 20.8 Å². The summed E-state index contributed by atoms with van der Waals surface area (Å²) in [4.78, 5) is 14.8. The number of anilines is 1. The summed E-state index contributed by atoms with van der Waals surface area (Å²) in [5, 5.41) is 21.0. The van der Waals surface area contributed by atoms with Gasteiger partial charge in [-0.25, -0.2) is 0 Å². The average molecular weight is 342 g/mol. The van der Waals surface area contributed by atoms with Gasteiger partial charge < -0.3 is 15.2 Å². The first-order chi connectivity index (χ1) is 10.6. The van der Waals surface area contributed by atoms with Crippen molar-refractivity contribution >= 4 is 23.8 Å². The van der Waals surface area contributed by atoms with E-state index in [9.17, 15) is 10.1 Å². The first-order valence-electron chi connectivity index (χ1n) is 7.06. The van der Waals surface area contributed by atoms with Crippen molar-refractivity contribution in [1.29, 1.82) is 0 Å². The molecule has 1 aromatic carbocycles. The standard InChI is InChI=1S/C14H19N5O3.ClH/c1-10(15-2)9-13-17-14(22-18-13)7-8-16-11-5-3-4-6-12(11)19(20)21;/h3-6,10,15-16H,7-9H2,1-2H3;1H. The number of likely N-dealkylation sites (N-methyl/N-ethyl adjacent to an activating group) is 1. The zero-order chi connectivity index (χ0) is 15.9. The average Bonchev–Trinajstić information content (AvgIpc) is 2.95. The van der Waals surface area contributed by atoms with Gasteiger partial charge in [-0.1, -0.05) is 17.3 Å². The van der Waals surface area contributed by atoms with Crippen LogP contribution in [0.25, 0.3) is 0 Å². The molecular weight excluding hydrogens is 322 g/mol. The van der Waals surface area contributed by atoms with Crippen molar-refractivity contribution in [2.45, 2.75) is 25.8 Å². The smallest absolute Gasteiger partial charge is 0.292 e. The van der Waals surface area contributed by atoms with Gasteiger partial charge in [-0.3, -0.25) is 10.1 Å². The highest BCUT2D eigenvalue weighted by Crippen LogP contribution is 2.22. The Kier molecular flexibility index (Phi) is 7.43. The Balaban J connectivity index is 0.00000264. The molecule has 0 amide bonds. The number of nitrogens with one attached hydrogen (secondary N) is 2. The Hall–Kier alpha value is -2.19. The minimum absolute atomic E-state index is 0. The number of benzene rings is 1. The Morgan fingerprint density at radius 2 is 2.13 bits per heavy atom. The molecule has 126 valence electrons. The number of halogens is 1. The number of hydrogen-bond donors (Lipinski definition) is 2. The Labute approximate surface area is 140 Å². The van der Waals surface area contributed by atoms with E-state index in [0.717, 1.165) is 0 Å². The normalized spacial score (nSPS) is 11.6. The van der Waals surface area contributed by atoms with Crippen LogP contribution in [0.2, 0.25) is 0 Å². The van der Waals surface area contributed by atoms with Crippen LogP contribution < -0.4 is 10.6 Å². The molecule has 0 saturated heterocycles. The van der Waals surface area contributed by atoms with Crippen molar-refractivity contribution in [3.05, 3.63) is 46.1 Å². The molecule has 9 heteroatoms. The summed E-state index contributed by atoms with van der Waals surface area (Å²) in [7, 11) is 1.88. The number of aromatic nitrogens is 2. The lowest BCUT2D eigenvalue weighted by Gasteiger charge is -2.05. The van der Waals surface area contributed by atoms with Crippen molar-refractivity contribution in [3.63, 3.8) is 0 Å².